The van der Waals surface area contributed by atoms with Gasteiger partial charge in [-0.25, -0.2) is 17.6 Å². The Hall–Kier alpha value is -3.51. The molecule has 0 bridgehead atoms. The van der Waals surface area contributed by atoms with Gasteiger partial charge < -0.3 is 14.1 Å². The van der Waals surface area contributed by atoms with E-state index in [1.807, 2.05) is 0 Å². The molecule has 12 heteroatoms. The van der Waals surface area contributed by atoms with Crippen molar-refractivity contribution >= 4 is 33.3 Å². The number of carbonyl (C=O) groups excluding carboxylic acids is 2. The van der Waals surface area contributed by atoms with Crippen molar-refractivity contribution in [2.75, 3.05) is 33.3 Å². The summed E-state index contributed by atoms with van der Waals surface area (Å²) in [6.07, 6.45) is 0.675. The summed E-state index contributed by atoms with van der Waals surface area (Å²) in [7, 11) is -2.54. The predicted octanol–water partition coefficient (Wildman–Crippen LogP) is 1.09. The van der Waals surface area contributed by atoms with Gasteiger partial charge in [-0.2, -0.15) is 4.31 Å². The van der Waals surface area contributed by atoms with E-state index >= 15 is 0 Å². The second-order valence-electron chi connectivity index (χ2n) is 7.40. The lowest BCUT2D eigenvalue weighted by atomic mass is 10.1. The zero-order chi connectivity index (χ0) is 23.8. The molecule has 0 unspecified atom stereocenters. The third-order valence-corrected chi connectivity index (χ3v) is 7.36. The van der Waals surface area contributed by atoms with E-state index in [4.69, 9.17) is 9.15 Å². The third kappa shape index (κ3) is 4.26. The third-order valence-electron chi connectivity index (χ3n) is 5.46. The van der Waals surface area contributed by atoms with E-state index in [0.29, 0.717) is 6.41 Å². The molecule has 1 fully saturated rings. The van der Waals surface area contributed by atoms with E-state index in [1.165, 1.54) is 40.6 Å². The molecule has 3 aromatic rings. The van der Waals surface area contributed by atoms with Crippen molar-refractivity contribution in [3.63, 3.8) is 0 Å². The summed E-state index contributed by atoms with van der Waals surface area (Å²) in [5, 5.41) is 0. The number of Topliss-reactive ketones (excluding diaryl/α,β-unsaturated/α-hetero) is 1. The molecular formula is C21H20FN3O7S. The number of oxazole rings is 1. The highest BCUT2D eigenvalue weighted by Gasteiger charge is 2.29. The first kappa shape index (κ1) is 22.7. The van der Waals surface area contributed by atoms with Crippen molar-refractivity contribution in [3.8, 4) is 5.75 Å². The molecule has 0 saturated carbocycles. The van der Waals surface area contributed by atoms with Crippen LogP contribution in [0.25, 0.3) is 11.1 Å². The Labute approximate surface area is 187 Å². The molecular weight excluding hydrogens is 457 g/mol. The van der Waals surface area contributed by atoms with Gasteiger partial charge in [-0.1, -0.05) is 0 Å². The molecule has 10 nitrogen and oxygen atoms in total. The molecule has 2 heterocycles. The van der Waals surface area contributed by atoms with Crippen LogP contribution in [0, 0.1) is 5.82 Å². The smallest absolute Gasteiger partial charge is 0.420 e. The number of carbonyl (C=O) groups is 2. The molecule has 1 aliphatic rings. The zero-order valence-corrected chi connectivity index (χ0v) is 18.4. The Kier molecular flexibility index (Phi) is 6.04. The van der Waals surface area contributed by atoms with Crippen LogP contribution in [-0.2, 0) is 21.4 Å². The molecule has 1 aromatic heterocycles. The number of hydrogen-bond donors (Lipinski definition) is 0. The van der Waals surface area contributed by atoms with E-state index in [0.717, 1.165) is 16.7 Å². The number of sulfonamides is 1. The lowest BCUT2D eigenvalue weighted by Gasteiger charge is -2.31. The van der Waals surface area contributed by atoms with Gasteiger partial charge in [-0.15, -0.1) is 0 Å². The minimum Gasteiger partial charge on any atom is -0.496 e. The summed E-state index contributed by atoms with van der Waals surface area (Å²) in [5.41, 5.74) is 0.174. The van der Waals surface area contributed by atoms with E-state index in [9.17, 15) is 27.2 Å². The number of nitrogens with zero attached hydrogens (tertiary/aromatic N) is 3. The van der Waals surface area contributed by atoms with Crippen molar-refractivity contribution < 1.29 is 31.6 Å². The van der Waals surface area contributed by atoms with E-state index in [-0.39, 0.29) is 53.5 Å². The molecule has 1 aliphatic heterocycles. The van der Waals surface area contributed by atoms with Crippen LogP contribution in [0.4, 0.5) is 4.39 Å². The lowest BCUT2D eigenvalue weighted by molar-refractivity contribution is -0.119. The SMILES string of the molecule is COc1ccc(F)cc1C(=O)Cn1c(=O)oc2cc(S(=O)(=O)N3CCN(C=O)CC3)ccc21. The summed E-state index contributed by atoms with van der Waals surface area (Å²) >= 11 is 0. The predicted molar refractivity (Wildman–Crippen MR) is 114 cm³/mol. The number of benzene rings is 2. The van der Waals surface area contributed by atoms with Gasteiger partial charge in [0.05, 0.1) is 29.6 Å². The van der Waals surface area contributed by atoms with Gasteiger partial charge in [0, 0.05) is 32.2 Å². The topological polar surface area (TPSA) is 119 Å². The average Bonchev–Trinajstić information content (AvgIpc) is 3.13. The first-order valence-corrected chi connectivity index (χ1v) is 11.4. The Morgan fingerprint density at radius 3 is 2.55 bits per heavy atom. The molecule has 4 rings (SSSR count). The maximum atomic E-state index is 13.6. The van der Waals surface area contributed by atoms with Crippen molar-refractivity contribution in [1.29, 1.82) is 0 Å². The second-order valence-corrected chi connectivity index (χ2v) is 9.33. The van der Waals surface area contributed by atoms with Crippen LogP contribution in [0.2, 0.25) is 0 Å². The van der Waals surface area contributed by atoms with E-state index in [1.54, 1.807) is 0 Å². The number of piperazine rings is 1. The van der Waals surface area contributed by atoms with Gasteiger partial charge >= 0.3 is 5.76 Å². The van der Waals surface area contributed by atoms with Crippen LogP contribution in [0.15, 0.2) is 50.5 Å². The van der Waals surface area contributed by atoms with E-state index in [2.05, 4.69) is 0 Å². The summed E-state index contributed by atoms with van der Waals surface area (Å²) < 4.78 is 52.1. The molecule has 174 valence electrons. The summed E-state index contributed by atoms with van der Waals surface area (Å²) in [5.74, 6) is -1.92. The van der Waals surface area contributed by atoms with Crippen LogP contribution in [0.1, 0.15) is 10.4 Å². The molecule has 0 N–H and O–H groups in total. The Balaban J connectivity index is 1.63. The van der Waals surface area contributed by atoms with Crippen LogP contribution in [-0.4, -0.2) is 67.7 Å². The first-order chi connectivity index (χ1) is 15.7. The summed E-state index contributed by atoms with van der Waals surface area (Å²) in [6, 6.07) is 7.40. The molecule has 0 atom stereocenters. The quantitative estimate of drug-likeness (QED) is 0.369. The van der Waals surface area contributed by atoms with Gasteiger partial charge in [-0.3, -0.25) is 14.2 Å². The number of methoxy groups -OCH3 is 1. The molecule has 1 amide bonds. The van der Waals surface area contributed by atoms with Crippen LogP contribution in [0.5, 0.6) is 5.75 Å². The normalized spacial score (nSPS) is 15.0. The second kappa shape index (κ2) is 8.79. The number of amides is 1. The fourth-order valence-electron chi connectivity index (χ4n) is 3.68. The maximum Gasteiger partial charge on any atom is 0.420 e. The largest absolute Gasteiger partial charge is 0.496 e. The molecule has 0 radical (unpaired) electrons. The van der Waals surface area contributed by atoms with Gasteiger partial charge in [0.25, 0.3) is 0 Å². The highest BCUT2D eigenvalue weighted by molar-refractivity contribution is 7.89. The number of rotatable bonds is 7. The highest BCUT2D eigenvalue weighted by Crippen LogP contribution is 2.24. The number of fused-ring (bicyclic) bond motifs is 1. The fourth-order valence-corrected chi connectivity index (χ4v) is 5.12. The van der Waals surface area contributed by atoms with Crippen molar-refractivity contribution in [2.24, 2.45) is 0 Å². The summed E-state index contributed by atoms with van der Waals surface area (Å²) in [4.78, 5) is 37.4. The number of hydrogen-bond acceptors (Lipinski definition) is 7. The van der Waals surface area contributed by atoms with Gasteiger partial charge in [-0.05, 0) is 30.3 Å². The monoisotopic (exact) mass is 477 g/mol. The Morgan fingerprint density at radius 1 is 1.15 bits per heavy atom. The Bertz CT molecular complexity index is 1390. The molecule has 1 saturated heterocycles. The van der Waals surface area contributed by atoms with Crippen LogP contribution in [0.3, 0.4) is 0 Å². The minimum atomic E-state index is -3.87. The van der Waals surface area contributed by atoms with Crippen molar-refractivity contribution in [2.45, 2.75) is 11.4 Å². The van der Waals surface area contributed by atoms with Crippen molar-refractivity contribution in [3.05, 3.63) is 58.3 Å². The molecule has 0 spiro atoms. The first-order valence-electron chi connectivity index (χ1n) is 9.94. The van der Waals surface area contributed by atoms with Gasteiger partial charge in [0.2, 0.25) is 16.4 Å². The number of ether oxygens (including phenoxy) is 1. The molecule has 0 aliphatic carbocycles. The molecule has 2 aromatic carbocycles. The fraction of sp³-hybridized carbons (Fsp3) is 0.286. The minimum absolute atomic E-state index is 0.00777. The Morgan fingerprint density at radius 2 is 1.88 bits per heavy atom. The maximum absolute atomic E-state index is 13.6. The van der Waals surface area contributed by atoms with Crippen LogP contribution < -0.4 is 10.5 Å². The number of ketones is 1. The van der Waals surface area contributed by atoms with Crippen LogP contribution >= 0.6 is 0 Å². The number of aromatic nitrogens is 1. The zero-order valence-electron chi connectivity index (χ0n) is 17.6. The molecule has 33 heavy (non-hydrogen) atoms. The van der Waals surface area contributed by atoms with Gasteiger partial charge in [0.15, 0.2) is 11.4 Å². The number of halogens is 1. The lowest BCUT2D eigenvalue weighted by Crippen LogP contribution is -2.47. The van der Waals surface area contributed by atoms with E-state index < -0.39 is 33.9 Å². The van der Waals surface area contributed by atoms with Gasteiger partial charge in [0.1, 0.15) is 11.6 Å². The van der Waals surface area contributed by atoms with Crippen molar-refractivity contribution in [1.82, 2.24) is 13.8 Å². The summed E-state index contributed by atoms with van der Waals surface area (Å²) in [6.45, 7) is 0.400. The highest BCUT2D eigenvalue weighted by atomic mass is 32.2. The average molecular weight is 477 g/mol. The standard InChI is InChI=1S/C21H20FN3O7S/c1-31-19-5-2-14(22)10-16(19)18(27)12-25-17-4-3-15(11-20(17)32-21(25)28)33(29,30)24-8-6-23(13-26)7-9-24/h2-5,10-11,13H,6-9,12H2,1H3.